The molecule has 102 valence electrons. The zero-order valence-corrected chi connectivity index (χ0v) is 12.2. The van der Waals surface area contributed by atoms with Gasteiger partial charge in [-0.25, -0.2) is 0 Å². The van der Waals surface area contributed by atoms with Crippen molar-refractivity contribution in [3.63, 3.8) is 0 Å². The molecule has 0 bridgehead atoms. The monoisotopic (exact) mass is 327 g/mol. The van der Waals surface area contributed by atoms with Crippen LogP contribution in [0.15, 0.2) is 47.4 Å². The summed E-state index contributed by atoms with van der Waals surface area (Å²) in [4.78, 5) is -0.116. The first kappa shape index (κ1) is 14.7. The van der Waals surface area contributed by atoms with E-state index >= 15 is 0 Å². The van der Waals surface area contributed by atoms with Gasteiger partial charge in [0.1, 0.15) is 10.6 Å². The van der Waals surface area contributed by atoms with Gasteiger partial charge in [-0.2, -0.15) is 13.7 Å². The Hall–Kier alpha value is -1.74. The van der Waals surface area contributed by atoms with Gasteiger partial charge >= 0.3 is 10.1 Å². The predicted octanol–water partition coefficient (Wildman–Crippen LogP) is 3.63. The summed E-state index contributed by atoms with van der Waals surface area (Å²) in [6.45, 7) is 0. The minimum atomic E-state index is -4.03. The molecule has 2 aromatic carbocycles. The van der Waals surface area contributed by atoms with E-state index in [2.05, 4.69) is 0 Å². The van der Waals surface area contributed by atoms with Gasteiger partial charge in [0.2, 0.25) is 0 Å². The summed E-state index contributed by atoms with van der Waals surface area (Å²) in [5.74, 6) is 0.0510. The average molecular weight is 328 g/mol. The van der Waals surface area contributed by atoms with Gasteiger partial charge in [-0.15, -0.1) is 0 Å². The highest BCUT2D eigenvalue weighted by molar-refractivity contribution is 7.87. The Labute approximate surface area is 126 Å². The van der Waals surface area contributed by atoms with Gasteiger partial charge in [-0.3, -0.25) is 0 Å². The first-order valence-electron chi connectivity index (χ1n) is 5.32. The molecule has 2 aromatic rings. The number of nitrogens with zero attached hydrogens (tertiary/aromatic N) is 1. The summed E-state index contributed by atoms with van der Waals surface area (Å²) in [5.41, 5.74) is 0.298. The Morgan fingerprint density at radius 3 is 2.45 bits per heavy atom. The quantitative estimate of drug-likeness (QED) is 0.807. The maximum Gasteiger partial charge on any atom is 0.339 e. The summed E-state index contributed by atoms with van der Waals surface area (Å²) < 4.78 is 29.1. The maximum atomic E-state index is 12.1. The first-order valence-corrected chi connectivity index (χ1v) is 7.48. The van der Waals surface area contributed by atoms with E-state index in [0.717, 1.165) is 0 Å². The number of halogens is 2. The Morgan fingerprint density at radius 2 is 1.80 bits per heavy atom. The second-order valence-corrected chi connectivity index (χ2v) is 6.11. The molecule has 4 nitrogen and oxygen atoms in total. The number of hydrogen-bond donors (Lipinski definition) is 0. The lowest BCUT2D eigenvalue weighted by molar-refractivity contribution is 0.486. The highest BCUT2D eigenvalue weighted by Gasteiger charge is 2.18. The standard InChI is InChI=1S/C13H7Cl2NO3S/c14-12-5-4-11(7-13(12)15)20(17,18)19-10-3-1-2-9(6-10)8-16/h1-7H. The van der Waals surface area contributed by atoms with Gasteiger partial charge < -0.3 is 4.18 Å². The summed E-state index contributed by atoms with van der Waals surface area (Å²) in [5, 5.41) is 9.12. The SMILES string of the molecule is N#Cc1cccc(OS(=O)(=O)c2ccc(Cl)c(Cl)c2)c1. The molecular weight excluding hydrogens is 321 g/mol. The normalized spacial score (nSPS) is 10.8. The molecule has 0 heterocycles. The van der Waals surface area contributed by atoms with Crippen molar-refractivity contribution in [2.75, 3.05) is 0 Å². The number of rotatable bonds is 3. The molecule has 0 aliphatic heterocycles. The van der Waals surface area contributed by atoms with E-state index in [1.807, 2.05) is 6.07 Å². The molecule has 0 aliphatic rings. The Morgan fingerprint density at radius 1 is 1.05 bits per heavy atom. The van der Waals surface area contributed by atoms with Crippen molar-refractivity contribution in [1.82, 2.24) is 0 Å². The van der Waals surface area contributed by atoms with Gasteiger partial charge in [0.05, 0.1) is 21.7 Å². The van der Waals surface area contributed by atoms with Crippen molar-refractivity contribution in [2.45, 2.75) is 4.90 Å². The van der Waals surface area contributed by atoms with E-state index in [0.29, 0.717) is 5.56 Å². The van der Waals surface area contributed by atoms with Crippen LogP contribution in [0.25, 0.3) is 0 Å². The zero-order chi connectivity index (χ0) is 14.8. The van der Waals surface area contributed by atoms with Crippen LogP contribution in [-0.4, -0.2) is 8.42 Å². The Kier molecular flexibility index (Phi) is 4.19. The van der Waals surface area contributed by atoms with Crippen molar-refractivity contribution >= 4 is 33.3 Å². The van der Waals surface area contributed by atoms with Crippen molar-refractivity contribution in [3.05, 3.63) is 58.1 Å². The van der Waals surface area contributed by atoms with E-state index in [1.54, 1.807) is 6.07 Å². The molecule has 0 fully saturated rings. The van der Waals surface area contributed by atoms with Gasteiger partial charge in [0.25, 0.3) is 0 Å². The molecule has 0 radical (unpaired) electrons. The molecule has 0 saturated carbocycles. The fourth-order valence-electron chi connectivity index (χ4n) is 1.42. The largest absolute Gasteiger partial charge is 0.379 e. The van der Waals surface area contributed by atoms with Gasteiger partial charge in [0.15, 0.2) is 0 Å². The van der Waals surface area contributed by atoms with Crippen molar-refractivity contribution in [2.24, 2.45) is 0 Å². The van der Waals surface area contributed by atoms with Gasteiger partial charge in [0, 0.05) is 0 Å². The molecule has 0 aromatic heterocycles. The van der Waals surface area contributed by atoms with Crippen LogP contribution in [0, 0.1) is 11.3 Å². The number of benzene rings is 2. The number of nitriles is 1. The second-order valence-electron chi connectivity index (χ2n) is 3.75. The summed E-state index contributed by atoms with van der Waals surface area (Å²) in [7, 11) is -4.03. The maximum absolute atomic E-state index is 12.1. The topological polar surface area (TPSA) is 67.2 Å². The molecule has 0 unspecified atom stereocenters. The molecule has 0 aliphatic carbocycles. The van der Waals surface area contributed by atoms with Crippen LogP contribution in [0.3, 0.4) is 0 Å². The molecule has 0 N–H and O–H groups in total. The van der Waals surface area contributed by atoms with E-state index in [1.165, 1.54) is 36.4 Å². The molecule has 20 heavy (non-hydrogen) atoms. The van der Waals surface area contributed by atoms with Crippen molar-refractivity contribution in [1.29, 1.82) is 5.26 Å². The minimum absolute atomic E-state index is 0.0510. The highest BCUT2D eigenvalue weighted by atomic mass is 35.5. The third kappa shape index (κ3) is 3.23. The van der Waals surface area contributed by atoms with E-state index in [4.69, 9.17) is 32.6 Å². The van der Waals surface area contributed by atoms with Gasteiger partial charge in [-0.05, 0) is 36.4 Å². The summed E-state index contributed by atoms with van der Waals surface area (Å²) in [6.07, 6.45) is 0. The second kappa shape index (κ2) is 5.71. The summed E-state index contributed by atoms with van der Waals surface area (Å²) >= 11 is 11.5. The molecule has 0 saturated heterocycles. The van der Waals surface area contributed by atoms with Crippen LogP contribution in [0.1, 0.15) is 5.56 Å². The van der Waals surface area contributed by atoms with Crippen LogP contribution >= 0.6 is 23.2 Å². The van der Waals surface area contributed by atoms with Crippen LogP contribution in [0.2, 0.25) is 10.0 Å². The smallest absolute Gasteiger partial charge is 0.339 e. The molecule has 0 spiro atoms. The third-order valence-electron chi connectivity index (χ3n) is 2.35. The fraction of sp³-hybridized carbons (Fsp3) is 0. The van der Waals surface area contributed by atoms with Crippen molar-refractivity contribution in [3.8, 4) is 11.8 Å². The molecular formula is C13H7Cl2NO3S. The minimum Gasteiger partial charge on any atom is -0.379 e. The fourth-order valence-corrected chi connectivity index (χ4v) is 2.74. The molecule has 0 amide bonds. The first-order chi connectivity index (χ1) is 9.42. The lowest BCUT2D eigenvalue weighted by Gasteiger charge is -2.07. The van der Waals surface area contributed by atoms with Gasteiger partial charge in [-0.1, -0.05) is 29.3 Å². The molecule has 7 heteroatoms. The number of hydrogen-bond acceptors (Lipinski definition) is 4. The zero-order valence-electron chi connectivity index (χ0n) is 9.88. The van der Waals surface area contributed by atoms with Crippen LogP contribution in [0.4, 0.5) is 0 Å². The molecule has 2 rings (SSSR count). The lowest BCUT2D eigenvalue weighted by atomic mass is 10.2. The molecule has 0 atom stereocenters. The van der Waals surface area contributed by atoms with Crippen LogP contribution < -0.4 is 4.18 Å². The lowest BCUT2D eigenvalue weighted by Crippen LogP contribution is -2.09. The third-order valence-corrected chi connectivity index (χ3v) is 4.33. The average Bonchev–Trinajstić information content (AvgIpc) is 2.41. The Bertz CT molecular complexity index is 798. The van der Waals surface area contributed by atoms with E-state index in [-0.39, 0.29) is 20.7 Å². The Balaban J connectivity index is 2.35. The van der Waals surface area contributed by atoms with Crippen molar-refractivity contribution < 1.29 is 12.6 Å². The van der Waals surface area contributed by atoms with E-state index in [9.17, 15) is 8.42 Å². The summed E-state index contributed by atoms with van der Waals surface area (Å²) in [6, 6.07) is 11.6. The van der Waals surface area contributed by atoms with Crippen LogP contribution in [-0.2, 0) is 10.1 Å². The van der Waals surface area contributed by atoms with E-state index < -0.39 is 10.1 Å². The highest BCUT2D eigenvalue weighted by Crippen LogP contribution is 2.26. The predicted molar refractivity (Wildman–Crippen MR) is 75.4 cm³/mol. The van der Waals surface area contributed by atoms with Crippen LogP contribution in [0.5, 0.6) is 5.75 Å².